The maximum atomic E-state index is 5.42. The largest absolute Gasteiger partial charge is 0.338 e. The molecule has 0 unspecified atom stereocenters. The Labute approximate surface area is 764 Å². The predicted octanol–water partition coefficient (Wildman–Crippen LogP) is 26.0. The lowest BCUT2D eigenvalue weighted by Gasteiger charge is -1.98. The molecule has 0 aliphatic rings. The van der Waals surface area contributed by atoms with Gasteiger partial charge in [0.15, 0.2) is 0 Å². The number of imidazole rings is 5. The van der Waals surface area contributed by atoms with Crippen LogP contribution in [-0.4, -0.2) is 101 Å². The summed E-state index contributed by atoms with van der Waals surface area (Å²) in [5.41, 5.74) is 28.8. The predicted molar refractivity (Wildman–Crippen MR) is 520 cm³/mol. The Hall–Kier alpha value is -18.7. The topological polar surface area (TPSA) is 338 Å². The standard InChI is InChI=1S/4C22H16N4O.C21H14N4O/c4*1-14-6-8-17(9-7-14)22-25-21(26-27-22)16-12-10-15(11-13-16)20-23-18-4-2-3-5-19(18)24-20;1-2-6-16(7-3-1)21-24-20(25-26-21)15-12-10-14(11-13-15)19-22-17-8-4-5-9-18(17)23-19/h4*2-13H,1H3,(H,23,24);1-13H,(H,22,23). The van der Waals surface area contributed by atoms with E-state index >= 15 is 0 Å². The van der Waals surface area contributed by atoms with Gasteiger partial charge in [-0.25, -0.2) is 24.9 Å². The summed E-state index contributed by atoms with van der Waals surface area (Å²) in [5, 5.41) is 20.5. The average Bonchev–Trinajstić information content (AvgIpc) is 1.67. The first kappa shape index (κ1) is 82.3. The monoisotopic (exact) mass is 1750 g/mol. The lowest BCUT2D eigenvalue weighted by atomic mass is 10.1. The number of nitrogens with one attached hydrogen (secondary N) is 5. The van der Waals surface area contributed by atoms with Crippen LogP contribution in [0.2, 0.25) is 0 Å². The number of hydrogen-bond donors (Lipinski definition) is 5. The molecule has 0 fully saturated rings. The van der Waals surface area contributed by atoms with Crippen LogP contribution in [0.15, 0.2) is 393 Å². The Kier molecular flexibility index (Phi) is 22.7. The van der Waals surface area contributed by atoms with E-state index in [1.54, 1.807) is 0 Å². The number of H-pyrrole nitrogens is 5. The van der Waals surface area contributed by atoms with E-state index in [4.69, 9.17) is 22.6 Å². The van der Waals surface area contributed by atoms with E-state index in [0.717, 1.165) is 168 Å². The SMILES string of the molecule is Cc1ccc(-c2nc(-c3ccc(-c4nc5ccccc5[nH]4)cc3)no2)cc1.Cc1ccc(-c2nc(-c3ccc(-c4nc5ccccc5[nH]4)cc3)no2)cc1.Cc1ccc(-c2nc(-c3ccc(-c4nc5ccccc5[nH]4)cc3)no2)cc1.Cc1ccc(-c2nc(-c3ccc(-c4nc5ccccc5[nH]4)cc3)no2)cc1.c1ccc(-c2nc(-c3ccc(-c4nc5ccccc5[nH]4)cc3)no2)cc1. The highest BCUT2D eigenvalue weighted by molar-refractivity contribution is 5.85. The van der Waals surface area contributed by atoms with Gasteiger partial charge >= 0.3 is 0 Å². The van der Waals surface area contributed by atoms with Crippen molar-refractivity contribution < 1.29 is 22.6 Å². The van der Waals surface area contributed by atoms with E-state index in [2.05, 4.69) is 101 Å². The van der Waals surface area contributed by atoms with Crippen molar-refractivity contribution in [2.75, 3.05) is 0 Å². The molecule has 10 aromatic heterocycles. The normalized spacial score (nSPS) is 11.1. The second-order valence-corrected chi connectivity index (χ2v) is 31.8. The third-order valence-corrected chi connectivity index (χ3v) is 22.4. The maximum absolute atomic E-state index is 5.42. The van der Waals surface area contributed by atoms with Crippen LogP contribution >= 0.6 is 0 Å². The van der Waals surface area contributed by atoms with Crippen LogP contribution in [-0.2, 0) is 0 Å². The summed E-state index contributed by atoms with van der Waals surface area (Å²) in [6.07, 6.45) is 0. The van der Waals surface area contributed by atoms with Crippen LogP contribution in [0.1, 0.15) is 22.3 Å². The number of hydrogen-bond acceptors (Lipinski definition) is 20. The second-order valence-electron chi connectivity index (χ2n) is 31.8. The molecule has 10 heterocycles. The smallest absolute Gasteiger partial charge is 0.258 e. The molecule has 0 saturated carbocycles. The van der Waals surface area contributed by atoms with E-state index in [1.807, 2.05) is 398 Å². The van der Waals surface area contributed by atoms with Crippen LogP contribution in [0.3, 0.4) is 0 Å². The van der Waals surface area contributed by atoms with E-state index in [0.29, 0.717) is 58.6 Å². The Balaban J connectivity index is 0.000000101. The van der Waals surface area contributed by atoms with Crippen molar-refractivity contribution in [1.29, 1.82) is 0 Å². The summed E-state index contributed by atoms with van der Waals surface area (Å²) in [6.45, 7) is 8.19. The molecule has 5 N–H and O–H groups in total. The molecule has 0 amide bonds. The van der Waals surface area contributed by atoms with Gasteiger partial charge in [-0.1, -0.05) is 297 Å². The van der Waals surface area contributed by atoms with Crippen molar-refractivity contribution >= 4 is 55.2 Å². The first-order valence-electron chi connectivity index (χ1n) is 43.2. The van der Waals surface area contributed by atoms with Gasteiger partial charge in [0.2, 0.25) is 29.1 Å². The van der Waals surface area contributed by atoms with Crippen molar-refractivity contribution in [2.45, 2.75) is 27.7 Å². The minimum absolute atomic E-state index is 0.516. The molecule has 0 aliphatic carbocycles. The molecule has 134 heavy (non-hydrogen) atoms. The molecule has 25 heteroatoms. The zero-order valence-electron chi connectivity index (χ0n) is 72.5. The highest BCUT2D eigenvalue weighted by atomic mass is 16.5. The van der Waals surface area contributed by atoms with Gasteiger partial charge in [0.25, 0.3) is 29.5 Å². The molecule has 0 radical (unpaired) electrons. The van der Waals surface area contributed by atoms with Gasteiger partial charge < -0.3 is 47.5 Å². The minimum atomic E-state index is 0.516. The molecular weight excluding hydrogens is 1670 g/mol. The average molecular weight is 1750 g/mol. The number of fused-ring (bicyclic) bond motifs is 5. The van der Waals surface area contributed by atoms with Crippen LogP contribution in [0.4, 0.5) is 0 Å². The highest BCUT2D eigenvalue weighted by Gasteiger charge is 2.20. The lowest BCUT2D eigenvalue weighted by molar-refractivity contribution is 0.432. The Morgan fingerprint density at radius 2 is 0.306 bits per heavy atom. The first-order chi connectivity index (χ1) is 65.9. The molecule has 25 rings (SSSR count). The minimum Gasteiger partial charge on any atom is -0.338 e. The number of aromatic nitrogens is 20. The number of benzene rings is 15. The summed E-state index contributed by atoms with van der Waals surface area (Å²) in [6, 6.07) is 122. The van der Waals surface area contributed by atoms with Gasteiger partial charge in [-0.2, -0.15) is 24.9 Å². The Bertz CT molecular complexity index is 7370. The van der Waals surface area contributed by atoms with Crippen molar-refractivity contribution in [3.05, 3.63) is 392 Å². The molecular formula is C109H78N20O5. The molecule has 25 nitrogen and oxygen atoms in total. The van der Waals surface area contributed by atoms with Gasteiger partial charge in [-0.05, 0) is 149 Å². The van der Waals surface area contributed by atoms with Gasteiger partial charge in [-0.15, -0.1) is 0 Å². The summed E-state index contributed by atoms with van der Waals surface area (Å²) in [7, 11) is 0. The summed E-state index contributed by atoms with van der Waals surface area (Å²) in [4.78, 5) is 62.4. The fourth-order valence-electron chi connectivity index (χ4n) is 15.0. The van der Waals surface area contributed by atoms with Crippen molar-refractivity contribution in [3.8, 4) is 171 Å². The zero-order chi connectivity index (χ0) is 90.2. The fraction of sp³-hybridized carbons (Fsp3) is 0.0367. The summed E-state index contributed by atoms with van der Waals surface area (Å²) < 4.78 is 27.1. The van der Waals surface area contributed by atoms with E-state index in [-0.39, 0.29) is 0 Å². The van der Waals surface area contributed by atoms with Crippen molar-refractivity contribution in [3.63, 3.8) is 0 Å². The first-order valence-corrected chi connectivity index (χ1v) is 43.2. The number of rotatable bonds is 15. The molecule has 15 aromatic carbocycles. The molecule has 0 spiro atoms. The van der Waals surface area contributed by atoms with Gasteiger partial charge in [0.1, 0.15) is 29.1 Å². The Morgan fingerprint density at radius 3 is 0.493 bits per heavy atom. The van der Waals surface area contributed by atoms with Crippen LogP contribution < -0.4 is 0 Å². The van der Waals surface area contributed by atoms with E-state index in [1.165, 1.54) is 22.3 Å². The number of para-hydroxylation sites is 10. The quantitative estimate of drug-likeness (QED) is 0.0636. The van der Waals surface area contributed by atoms with Crippen LogP contribution in [0.5, 0.6) is 0 Å². The molecule has 644 valence electrons. The molecule has 25 aromatic rings. The highest BCUT2D eigenvalue weighted by Crippen LogP contribution is 2.35. The molecule has 0 aliphatic heterocycles. The Morgan fingerprint density at radius 1 is 0.149 bits per heavy atom. The van der Waals surface area contributed by atoms with Crippen LogP contribution in [0, 0.1) is 27.7 Å². The third-order valence-electron chi connectivity index (χ3n) is 22.4. The van der Waals surface area contributed by atoms with Gasteiger partial charge in [0.05, 0.1) is 55.2 Å². The maximum Gasteiger partial charge on any atom is 0.258 e. The zero-order valence-corrected chi connectivity index (χ0v) is 72.5. The summed E-state index contributed by atoms with van der Waals surface area (Å²) in [5.74, 6) is 9.67. The number of nitrogens with zero attached hydrogens (tertiary/aromatic N) is 15. The third kappa shape index (κ3) is 18.3. The number of aryl methyl sites for hydroxylation is 4. The molecule has 0 atom stereocenters. The fourth-order valence-corrected chi connectivity index (χ4v) is 15.0. The van der Waals surface area contributed by atoms with Crippen LogP contribution in [0.25, 0.3) is 226 Å². The lowest BCUT2D eigenvalue weighted by Crippen LogP contribution is -1.84. The van der Waals surface area contributed by atoms with E-state index < -0.39 is 0 Å². The van der Waals surface area contributed by atoms with E-state index in [9.17, 15) is 0 Å². The van der Waals surface area contributed by atoms with Gasteiger partial charge in [-0.3, -0.25) is 0 Å². The van der Waals surface area contributed by atoms with Crippen molar-refractivity contribution in [1.82, 2.24) is 101 Å². The number of aromatic amines is 5. The summed E-state index contributed by atoms with van der Waals surface area (Å²) >= 11 is 0. The molecule has 0 saturated heterocycles. The van der Waals surface area contributed by atoms with Gasteiger partial charge in [0, 0.05) is 83.5 Å². The second kappa shape index (κ2) is 37.0. The van der Waals surface area contributed by atoms with Crippen molar-refractivity contribution in [2.24, 2.45) is 0 Å². The molecule has 0 bridgehead atoms.